The summed E-state index contributed by atoms with van der Waals surface area (Å²) in [5, 5.41) is 4.24. The number of piperidine rings is 1. The molecule has 2 aromatic rings. The number of nitrogens with zero attached hydrogens (tertiary/aromatic N) is 3. The number of likely N-dealkylation sites (tertiary alicyclic amines) is 1. The highest BCUT2D eigenvalue weighted by atomic mass is 32.2. The van der Waals surface area contributed by atoms with Crippen LogP contribution in [-0.4, -0.2) is 54.3 Å². The zero-order valence-corrected chi connectivity index (χ0v) is 19.1. The van der Waals surface area contributed by atoms with E-state index in [-0.39, 0.29) is 11.8 Å². The Labute approximate surface area is 183 Å². The van der Waals surface area contributed by atoms with Crippen molar-refractivity contribution >= 4 is 21.2 Å². The molecule has 2 aliphatic rings. The number of rotatable bonds is 5. The van der Waals surface area contributed by atoms with Gasteiger partial charge in [-0.25, -0.2) is 8.42 Å². The van der Waals surface area contributed by atoms with Crippen LogP contribution in [0.4, 0.5) is 13.2 Å². The van der Waals surface area contributed by atoms with E-state index in [1.165, 1.54) is 12.3 Å². The van der Waals surface area contributed by atoms with E-state index in [1.807, 2.05) is 6.20 Å². The first-order valence-electron chi connectivity index (χ1n) is 10.2. The normalized spacial score (nSPS) is 25.1. The van der Waals surface area contributed by atoms with Crippen LogP contribution >= 0.6 is 11.3 Å². The van der Waals surface area contributed by atoms with Crippen LogP contribution in [0.3, 0.4) is 0 Å². The fourth-order valence-corrected chi connectivity index (χ4v) is 6.27. The van der Waals surface area contributed by atoms with Crippen LogP contribution in [0.1, 0.15) is 40.6 Å². The molecule has 6 nitrogen and oxygen atoms in total. The van der Waals surface area contributed by atoms with Crippen LogP contribution in [0, 0.1) is 0 Å². The molecule has 0 aromatic carbocycles. The molecular weight excluding hydrogens is 451 g/mol. The van der Waals surface area contributed by atoms with Crippen LogP contribution in [0.5, 0.6) is 0 Å². The first-order valence-corrected chi connectivity index (χ1v) is 13.1. The Bertz CT molecular complexity index is 1050. The number of sulfone groups is 1. The van der Waals surface area contributed by atoms with Gasteiger partial charge in [0.2, 0.25) is 0 Å². The number of alkyl halides is 3. The third kappa shape index (κ3) is 4.99. The molecule has 31 heavy (non-hydrogen) atoms. The topological polar surface area (TPSA) is 64.4 Å². The van der Waals surface area contributed by atoms with E-state index in [1.54, 1.807) is 10.9 Å². The van der Waals surface area contributed by atoms with Crippen molar-refractivity contribution in [1.82, 2.24) is 14.7 Å². The van der Waals surface area contributed by atoms with Crippen LogP contribution in [0.25, 0.3) is 0 Å². The molecule has 2 atom stereocenters. The third-order valence-electron chi connectivity index (χ3n) is 6.07. The Balaban J connectivity index is 1.44. The molecule has 11 heteroatoms. The molecule has 4 heterocycles. The van der Waals surface area contributed by atoms with E-state index >= 15 is 0 Å². The second kappa shape index (κ2) is 8.17. The van der Waals surface area contributed by atoms with Gasteiger partial charge in [0.15, 0.2) is 0 Å². The minimum Gasteiger partial charge on any atom is -0.369 e. The summed E-state index contributed by atoms with van der Waals surface area (Å²) in [5.74, 6) is 0.0388. The molecule has 0 aliphatic carbocycles. The second-order valence-electron chi connectivity index (χ2n) is 8.57. The molecule has 0 N–H and O–H groups in total. The van der Waals surface area contributed by atoms with Gasteiger partial charge in [0, 0.05) is 42.0 Å². The molecule has 1 saturated heterocycles. The Morgan fingerprint density at radius 3 is 2.84 bits per heavy atom. The number of aryl methyl sites for hydroxylation is 1. The number of fused-ring (bicyclic) bond motifs is 2. The summed E-state index contributed by atoms with van der Waals surface area (Å²) in [5.41, 5.74) is 1.12. The average molecular weight is 478 g/mol. The summed E-state index contributed by atoms with van der Waals surface area (Å²) in [7, 11) is -3.05. The first kappa shape index (κ1) is 22.8. The Hall–Kier alpha value is -1.43. The maximum absolute atomic E-state index is 13.3. The van der Waals surface area contributed by atoms with E-state index in [4.69, 9.17) is 4.74 Å². The highest BCUT2D eigenvalue weighted by Crippen LogP contribution is 2.49. The third-order valence-corrected chi connectivity index (χ3v) is 8.40. The number of ether oxygens (including phenoxy) is 1. The molecule has 0 radical (unpaired) electrons. The number of hydrogen-bond donors (Lipinski definition) is 0. The monoisotopic (exact) mass is 477 g/mol. The van der Waals surface area contributed by atoms with Gasteiger partial charge in [-0.05, 0) is 37.8 Å². The molecule has 172 valence electrons. The van der Waals surface area contributed by atoms with Crippen molar-refractivity contribution in [3.63, 3.8) is 0 Å². The van der Waals surface area contributed by atoms with Gasteiger partial charge in [-0.2, -0.15) is 18.3 Å². The van der Waals surface area contributed by atoms with Gasteiger partial charge in [0.05, 0.1) is 25.1 Å². The van der Waals surface area contributed by atoms with Crippen molar-refractivity contribution in [1.29, 1.82) is 0 Å². The fraction of sp³-hybridized carbons (Fsp3) is 0.650. The lowest BCUT2D eigenvalue weighted by Crippen LogP contribution is -2.49. The van der Waals surface area contributed by atoms with Gasteiger partial charge in [-0.1, -0.05) is 0 Å². The highest BCUT2D eigenvalue weighted by molar-refractivity contribution is 7.90. The van der Waals surface area contributed by atoms with Gasteiger partial charge in [0.1, 0.15) is 20.3 Å². The number of thiophene rings is 1. The van der Waals surface area contributed by atoms with Crippen LogP contribution in [0.2, 0.25) is 0 Å². The Kier molecular flexibility index (Phi) is 5.99. The molecule has 0 bridgehead atoms. The summed E-state index contributed by atoms with van der Waals surface area (Å²) >= 11 is 0.835. The van der Waals surface area contributed by atoms with Gasteiger partial charge in [0.25, 0.3) is 0 Å². The molecule has 2 aliphatic heterocycles. The van der Waals surface area contributed by atoms with E-state index in [2.05, 4.69) is 16.9 Å². The minimum absolute atomic E-state index is 0.0388. The highest BCUT2D eigenvalue weighted by Gasteiger charge is 2.46. The number of hydrogen-bond acceptors (Lipinski definition) is 6. The van der Waals surface area contributed by atoms with E-state index in [0.717, 1.165) is 27.3 Å². The van der Waals surface area contributed by atoms with Crippen LogP contribution in [0.15, 0.2) is 18.5 Å². The molecule has 1 spiro atoms. The predicted octanol–water partition coefficient (Wildman–Crippen LogP) is 3.46. The second-order valence-corrected chi connectivity index (χ2v) is 11.9. The summed E-state index contributed by atoms with van der Waals surface area (Å²) in [4.78, 5) is 2.48. The maximum Gasteiger partial charge on any atom is 0.425 e. The van der Waals surface area contributed by atoms with E-state index < -0.39 is 26.5 Å². The summed E-state index contributed by atoms with van der Waals surface area (Å²) in [6.07, 6.45) is 2.27. The average Bonchev–Trinajstić information content (AvgIpc) is 3.29. The zero-order chi connectivity index (χ0) is 22.4. The molecule has 0 saturated carbocycles. The Morgan fingerprint density at radius 1 is 1.39 bits per heavy atom. The quantitative estimate of drug-likeness (QED) is 0.660. The van der Waals surface area contributed by atoms with E-state index in [0.29, 0.717) is 45.5 Å². The van der Waals surface area contributed by atoms with Crippen molar-refractivity contribution in [2.45, 2.75) is 57.1 Å². The van der Waals surface area contributed by atoms with Gasteiger partial charge in [-0.15, -0.1) is 11.3 Å². The molecule has 0 amide bonds. The van der Waals surface area contributed by atoms with Gasteiger partial charge in [-0.3, -0.25) is 9.58 Å². The summed E-state index contributed by atoms with van der Waals surface area (Å²) in [6, 6.07) is 1.42. The molecule has 1 fully saturated rings. The molecular formula is C20H26F3N3O3S2. The fourth-order valence-electron chi connectivity index (χ4n) is 4.49. The smallest absolute Gasteiger partial charge is 0.369 e. The standard InChI is InChI=1S/C20H26F3N3O3S2/c1-14-10-19(18-16(3-7-29-19)9-17(30-18)20(21,22)23)4-5-25(14)12-15-11-24-26(13-15)6-8-31(2,27)28/h9,11,13-14H,3-8,10,12H2,1-2H3/t14-,19+/m0/s1. The summed E-state index contributed by atoms with van der Waals surface area (Å²) in [6.45, 7) is 4.19. The van der Waals surface area contributed by atoms with Crippen molar-refractivity contribution < 1.29 is 26.3 Å². The minimum atomic E-state index is -4.33. The van der Waals surface area contributed by atoms with Crippen molar-refractivity contribution in [3.05, 3.63) is 39.3 Å². The maximum atomic E-state index is 13.3. The molecule has 0 unspecified atom stereocenters. The zero-order valence-electron chi connectivity index (χ0n) is 17.5. The lowest BCUT2D eigenvalue weighted by atomic mass is 9.82. The van der Waals surface area contributed by atoms with Crippen molar-refractivity contribution in [3.8, 4) is 0 Å². The lowest BCUT2D eigenvalue weighted by molar-refractivity contribution is -0.134. The van der Waals surface area contributed by atoms with Gasteiger partial charge >= 0.3 is 6.18 Å². The SMILES string of the molecule is C[C@H]1C[C@@]2(CCN1Cc1cnn(CCS(C)(=O)=O)c1)OCCc1cc(C(F)(F)F)sc12. The summed E-state index contributed by atoms with van der Waals surface area (Å²) < 4.78 is 70.2. The van der Waals surface area contributed by atoms with Gasteiger partial charge < -0.3 is 4.74 Å². The number of halogens is 3. The van der Waals surface area contributed by atoms with Crippen LogP contribution in [-0.2, 0) is 45.9 Å². The number of aromatic nitrogens is 2. The van der Waals surface area contributed by atoms with Crippen molar-refractivity contribution in [2.75, 3.05) is 25.2 Å². The van der Waals surface area contributed by atoms with Crippen LogP contribution < -0.4 is 0 Å². The lowest BCUT2D eigenvalue weighted by Gasteiger charge is -2.47. The first-order chi connectivity index (χ1) is 14.5. The molecule has 4 rings (SSSR count). The Morgan fingerprint density at radius 2 is 2.16 bits per heavy atom. The molecule has 2 aromatic heterocycles. The van der Waals surface area contributed by atoms with Crippen molar-refractivity contribution in [2.24, 2.45) is 0 Å². The van der Waals surface area contributed by atoms with E-state index in [9.17, 15) is 21.6 Å². The largest absolute Gasteiger partial charge is 0.425 e. The predicted molar refractivity (Wildman–Crippen MR) is 112 cm³/mol.